The molecule has 0 saturated carbocycles. The van der Waals surface area contributed by atoms with Gasteiger partial charge in [0.15, 0.2) is 0 Å². The van der Waals surface area contributed by atoms with Gasteiger partial charge in [0.05, 0.1) is 0 Å². The van der Waals surface area contributed by atoms with Gasteiger partial charge in [-0.25, -0.2) is 21.5 Å². The zero-order valence-corrected chi connectivity index (χ0v) is 18.7. The van der Waals surface area contributed by atoms with Crippen LogP contribution in [-0.2, 0) is 21.7 Å². The van der Waals surface area contributed by atoms with Gasteiger partial charge in [0, 0.05) is 0 Å². The number of hydrogen-bond donors (Lipinski definition) is 0. The van der Waals surface area contributed by atoms with E-state index in [2.05, 4.69) is 53.7 Å². The van der Waals surface area contributed by atoms with E-state index in [-0.39, 0.29) is 46.5 Å². The van der Waals surface area contributed by atoms with E-state index in [4.69, 9.17) is 0 Å². The molecule has 120 valence electrons. The Balaban J connectivity index is 0. The second-order valence-electron chi connectivity index (χ2n) is 6.06. The summed E-state index contributed by atoms with van der Waals surface area (Å²) in [5, 5.41) is 3.41. The molecule has 0 fully saturated rings. The van der Waals surface area contributed by atoms with Gasteiger partial charge in [-0.3, -0.25) is 12.2 Å². The average molecular weight is 389 g/mol. The molecule has 0 aromatic heterocycles. The van der Waals surface area contributed by atoms with Crippen molar-refractivity contribution in [2.75, 3.05) is 0 Å². The minimum Gasteiger partial charge on any atom is -1.00 e. The van der Waals surface area contributed by atoms with Gasteiger partial charge >= 0.3 is 21.7 Å². The molecule has 2 rings (SSSR count). The molecule has 4 heteroatoms. The summed E-state index contributed by atoms with van der Waals surface area (Å²) >= 11 is 0. The van der Waals surface area contributed by atoms with Crippen molar-refractivity contribution in [3.8, 4) is 0 Å². The van der Waals surface area contributed by atoms with E-state index in [1.54, 1.807) is 21.5 Å². The molecule has 22 heavy (non-hydrogen) atoms. The van der Waals surface area contributed by atoms with E-state index in [0.717, 1.165) is 12.8 Å². The summed E-state index contributed by atoms with van der Waals surface area (Å²) in [5.74, 6) is 0. The van der Waals surface area contributed by atoms with E-state index < -0.39 is 8.07 Å². The molecule has 0 aromatic carbocycles. The van der Waals surface area contributed by atoms with Crippen LogP contribution in [0.4, 0.5) is 0 Å². The van der Waals surface area contributed by atoms with Gasteiger partial charge in [0.25, 0.3) is 0 Å². The first-order valence-corrected chi connectivity index (χ1v) is 9.95. The SMILES string of the molecule is CC[Si](CC)(C1=C(C)C[C-]=C1C)C1=C(C)C[C-]=C1C.[Cl-].[Cl-].[Ti+4]. The van der Waals surface area contributed by atoms with E-state index in [9.17, 15) is 0 Å². The summed E-state index contributed by atoms with van der Waals surface area (Å²) in [6.07, 6.45) is 9.24. The zero-order valence-electron chi connectivity index (χ0n) is 14.6. The first-order chi connectivity index (χ1) is 8.97. The summed E-state index contributed by atoms with van der Waals surface area (Å²) in [6, 6.07) is 2.61. The number of rotatable bonds is 4. The molecule has 0 amide bonds. The number of allylic oxidation sites excluding steroid dienone is 8. The first-order valence-electron chi connectivity index (χ1n) is 7.54. The summed E-state index contributed by atoms with van der Waals surface area (Å²) in [4.78, 5) is 0. The van der Waals surface area contributed by atoms with E-state index in [1.807, 2.05) is 0 Å². The van der Waals surface area contributed by atoms with Crippen molar-refractivity contribution in [1.29, 1.82) is 0 Å². The Morgan fingerprint density at radius 2 is 1.09 bits per heavy atom. The maximum absolute atomic E-state index is 3.57. The fourth-order valence-corrected chi connectivity index (χ4v) is 9.73. The predicted octanol–water partition coefficient (Wildman–Crippen LogP) is -0.502. The largest absolute Gasteiger partial charge is 4.00 e. The van der Waals surface area contributed by atoms with Crippen molar-refractivity contribution in [3.63, 3.8) is 0 Å². The van der Waals surface area contributed by atoms with Crippen molar-refractivity contribution in [2.45, 2.75) is 66.5 Å². The molecule has 0 heterocycles. The van der Waals surface area contributed by atoms with Crippen LogP contribution in [0.2, 0.25) is 12.1 Å². The van der Waals surface area contributed by atoms with Gasteiger partial charge in [-0.15, -0.1) is 12.8 Å². The third kappa shape index (κ3) is 3.92. The Kier molecular flexibility index (Phi) is 10.9. The maximum Gasteiger partial charge on any atom is 4.00 e. The molecule has 0 radical (unpaired) electrons. The Hall–Kier alpha value is 0.471. The Bertz CT molecular complexity index is 479. The van der Waals surface area contributed by atoms with E-state index >= 15 is 0 Å². The third-order valence-corrected chi connectivity index (χ3v) is 10.9. The van der Waals surface area contributed by atoms with Crippen molar-refractivity contribution in [2.24, 2.45) is 0 Å². The fourth-order valence-electron chi connectivity index (χ4n) is 4.14. The van der Waals surface area contributed by atoms with Crippen LogP contribution in [-0.4, -0.2) is 8.07 Å². The molecule has 0 nitrogen and oxygen atoms in total. The minimum atomic E-state index is -1.57. The maximum atomic E-state index is 3.57. The van der Waals surface area contributed by atoms with Crippen LogP contribution in [0.1, 0.15) is 54.4 Å². The van der Waals surface area contributed by atoms with Crippen LogP contribution in [0.15, 0.2) is 32.7 Å². The molecule has 0 spiro atoms. The Morgan fingerprint density at radius 3 is 1.27 bits per heavy atom. The second kappa shape index (κ2) is 9.69. The quantitative estimate of drug-likeness (QED) is 0.449. The number of hydrogen-bond acceptors (Lipinski definition) is 0. The van der Waals surface area contributed by atoms with E-state index in [1.165, 1.54) is 23.2 Å². The molecule has 0 unspecified atom stereocenters. The van der Waals surface area contributed by atoms with Crippen LogP contribution in [0.25, 0.3) is 0 Å². The second-order valence-corrected chi connectivity index (χ2v) is 10.6. The van der Waals surface area contributed by atoms with Crippen molar-refractivity contribution in [1.82, 2.24) is 0 Å². The van der Waals surface area contributed by atoms with Gasteiger partial charge in [-0.05, 0) is 0 Å². The topological polar surface area (TPSA) is 0 Å². The van der Waals surface area contributed by atoms with Gasteiger partial charge in [0.1, 0.15) is 0 Å². The normalized spacial score (nSPS) is 17.5. The van der Waals surface area contributed by atoms with Crippen LogP contribution in [0, 0.1) is 12.2 Å². The van der Waals surface area contributed by atoms with E-state index in [0.29, 0.717) is 0 Å². The molecular formula is C18H26Cl2SiTi. The molecule has 0 N–H and O–H groups in total. The molecule has 0 saturated heterocycles. The van der Waals surface area contributed by atoms with Crippen LogP contribution in [0.3, 0.4) is 0 Å². The third-order valence-electron chi connectivity index (χ3n) is 5.01. The number of halogens is 2. The van der Waals surface area contributed by atoms with Gasteiger partial charge in [0.2, 0.25) is 0 Å². The zero-order chi connectivity index (χ0) is 14.2. The molecular weight excluding hydrogens is 363 g/mol. The van der Waals surface area contributed by atoms with Crippen molar-refractivity contribution >= 4 is 8.07 Å². The first kappa shape index (κ1) is 24.7. The van der Waals surface area contributed by atoms with Crippen molar-refractivity contribution < 1.29 is 46.5 Å². The molecule has 2 aliphatic rings. The average Bonchev–Trinajstić information content (AvgIpc) is 2.90. The fraction of sp³-hybridized carbons (Fsp3) is 0.556. The molecule has 0 aliphatic heterocycles. The Morgan fingerprint density at radius 1 is 0.773 bits per heavy atom. The van der Waals surface area contributed by atoms with Crippen LogP contribution < -0.4 is 24.8 Å². The van der Waals surface area contributed by atoms with Crippen LogP contribution >= 0.6 is 0 Å². The minimum absolute atomic E-state index is 0. The predicted molar refractivity (Wildman–Crippen MR) is 86.2 cm³/mol. The molecule has 0 aromatic rings. The molecule has 2 aliphatic carbocycles. The summed E-state index contributed by atoms with van der Waals surface area (Å²) < 4.78 is 0. The summed E-state index contributed by atoms with van der Waals surface area (Å²) in [7, 11) is -1.57. The van der Waals surface area contributed by atoms with Crippen molar-refractivity contribution in [3.05, 3.63) is 44.8 Å². The molecule has 0 bridgehead atoms. The van der Waals surface area contributed by atoms with Gasteiger partial charge in [-0.1, -0.05) is 61.7 Å². The Labute approximate surface area is 165 Å². The summed E-state index contributed by atoms with van der Waals surface area (Å²) in [5.41, 5.74) is 6.03. The monoisotopic (exact) mass is 388 g/mol. The van der Waals surface area contributed by atoms with Gasteiger partial charge in [-0.2, -0.15) is 11.1 Å². The van der Waals surface area contributed by atoms with Crippen LogP contribution in [0.5, 0.6) is 0 Å². The van der Waals surface area contributed by atoms with Gasteiger partial charge < -0.3 is 24.8 Å². The summed E-state index contributed by atoms with van der Waals surface area (Å²) in [6.45, 7) is 14.0. The molecule has 0 atom stereocenters. The smallest absolute Gasteiger partial charge is 1.00 e. The standard InChI is InChI=1S/C18H26Si.2ClH.Ti/c1-7-19(8-2,17-13(3)9-10-14(17)4)18-15(5)11-12-16(18)6;;;/h7-9,11H2,1-6H3;2*1H;/q-2;;;+4/p-2.